The molecule has 3 rings (SSSR count). The van der Waals surface area contributed by atoms with E-state index in [1.165, 1.54) is 12.1 Å². The molecule has 6 nitrogen and oxygen atoms in total. The van der Waals surface area contributed by atoms with Gasteiger partial charge in [0.25, 0.3) is 0 Å². The van der Waals surface area contributed by atoms with Gasteiger partial charge >= 0.3 is 0 Å². The molecule has 1 N–H and O–H groups in total. The number of benzene rings is 2. The highest BCUT2D eigenvalue weighted by atomic mass is 32.2. The van der Waals surface area contributed by atoms with Crippen LogP contribution in [0.25, 0.3) is 0 Å². The van der Waals surface area contributed by atoms with Crippen LogP contribution in [0.3, 0.4) is 0 Å². The van der Waals surface area contributed by atoms with E-state index in [-0.39, 0.29) is 29.6 Å². The largest absolute Gasteiger partial charge is 0.385 e. The van der Waals surface area contributed by atoms with Crippen LogP contribution in [-0.4, -0.2) is 51.6 Å². The van der Waals surface area contributed by atoms with Gasteiger partial charge in [-0.15, -0.1) is 0 Å². The summed E-state index contributed by atoms with van der Waals surface area (Å²) in [6.07, 6.45) is 1.10. The smallest absolute Gasteiger partial charge is 0.241 e. The van der Waals surface area contributed by atoms with Gasteiger partial charge in [0.15, 0.2) is 0 Å². The summed E-state index contributed by atoms with van der Waals surface area (Å²) in [5, 5.41) is 0. The van der Waals surface area contributed by atoms with Crippen LogP contribution in [0.1, 0.15) is 18.4 Å². The molecule has 0 bridgehead atoms. The molecule has 0 radical (unpaired) electrons. The van der Waals surface area contributed by atoms with Crippen molar-refractivity contribution in [3.8, 4) is 0 Å². The number of nitrogens with one attached hydrogen (secondary N) is 1. The van der Waals surface area contributed by atoms with E-state index in [9.17, 15) is 17.6 Å². The minimum Gasteiger partial charge on any atom is -0.385 e. The summed E-state index contributed by atoms with van der Waals surface area (Å²) in [7, 11) is -2.17. The SMILES string of the molecule is COCCC1(NS(=O)(=O)c2ccccc2)CCN(C(=O)Cc2ccc(F)cc2)C1. The first kappa shape index (κ1) is 21.4. The fraction of sp³-hybridized carbons (Fsp3) is 0.381. The van der Waals surface area contributed by atoms with Crippen LogP contribution in [0.5, 0.6) is 0 Å². The van der Waals surface area contributed by atoms with E-state index >= 15 is 0 Å². The summed E-state index contributed by atoms with van der Waals surface area (Å²) >= 11 is 0. The Morgan fingerprint density at radius 1 is 1.17 bits per heavy atom. The molecule has 1 atom stereocenters. The molecular formula is C21H25FN2O4S. The van der Waals surface area contributed by atoms with Crippen LogP contribution >= 0.6 is 0 Å². The lowest BCUT2D eigenvalue weighted by atomic mass is 9.96. The van der Waals surface area contributed by atoms with Crippen molar-refractivity contribution >= 4 is 15.9 Å². The molecule has 1 fully saturated rings. The Bertz CT molecular complexity index is 935. The Balaban J connectivity index is 1.73. The van der Waals surface area contributed by atoms with Gasteiger partial charge in [-0.25, -0.2) is 17.5 Å². The Hall–Kier alpha value is -2.29. The van der Waals surface area contributed by atoms with E-state index < -0.39 is 15.6 Å². The number of nitrogens with zero attached hydrogens (tertiary/aromatic N) is 1. The minimum absolute atomic E-state index is 0.116. The lowest BCUT2D eigenvalue weighted by Crippen LogP contribution is -2.51. The van der Waals surface area contributed by atoms with Crippen LogP contribution < -0.4 is 4.72 Å². The normalized spacial score (nSPS) is 19.4. The van der Waals surface area contributed by atoms with E-state index in [1.807, 2.05) is 0 Å². The molecule has 8 heteroatoms. The van der Waals surface area contributed by atoms with Gasteiger partial charge in [-0.05, 0) is 42.7 Å². The monoisotopic (exact) mass is 420 g/mol. The van der Waals surface area contributed by atoms with Crippen LogP contribution in [0.2, 0.25) is 0 Å². The Morgan fingerprint density at radius 2 is 1.86 bits per heavy atom. The molecule has 1 aliphatic heterocycles. The predicted octanol–water partition coefficient (Wildman–Crippen LogP) is 2.35. The maximum Gasteiger partial charge on any atom is 0.241 e. The molecular weight excluding hydrogens is 395 g/mol. The third kappa shape index (κ3) is 5.41. The fourth-order valence-electron chi connectivity index (χ4n) is 3.55. The summed E-state index contributed by atoms with van der Waals surface area (Å²) in [5.74, 6) is -0.467. The number of likely N-dealkylation sites (tertiary alicyclic amines) is 1. The van der Waals surface area contributed by atoms with Crippen molar-refractivity contribution in [1.29, 1.82) is 0 Å². The number of rotatable bonds is 8. The third-order valence-electron chi connectivity index (χ3n) is 5.16. The molecule has 1 saturated heterocycles. The van der Waals surface area contributed by atoms with Crippen molar-refractivity contribution in [2.75, 3.05) is 26.8 Å². The van der Waals surface area contributed by atoms with Crippen molar-refractivity contribution in [1.82, 2.24) is 9.62 Å². The van der Waals surface area contributed by atoms with Crippen molar-refractivity contribution in [3.63, 3.8) is 0 Å². The number of amides is 1. The number of carbonyl (C=O) groups excluding carboxylic acids is 1. The summed E-state index contributed by atoms with van der Waals surface area (Å²) in [5.41, 5.74) is -0.0703. The summed E-state index contributed by atoms with van der Waals surface area (Å²) in [6, 6.07) is 14.0. The standard InChI is InChI=1S/C21H25FN2O4S/c1-28-14-12-21(23-29(26,27)19-5-3-2-4-6-19)11-13-24(16-21)20(25)15-17-7-9-18(22)10-8-17/h2-10,23H,11-16H2,1H3. The second kappa shape index (κ2) is 9.02. The molecule has 1 aliphatic rings. The highest BCUT2D eigenvalue weighted by Gasteiger charge is 2.42. The highest BCUT2D eigenvalue weighted by Crippen LogP contribution is 2.28. The van der Waals surface area contributed by atoms with Crippen molar-refractivity contribution in [2.45, 2.75) is 29.7 Å². The Kier molecular flexibility index (Phi) is 6.66. The van der Waals surface area contributed by atoms with E-state index in [4.69, 9.17) is 4.74 Å². The summed E-state index contributed by atoms with van der Waals surface area (Å²) in [4.78, 5) is 14.6. The average Bonchev–Trinajstić information content (AvgIpc) is 3.12. The van der Waals surface area contributed by atoms with Crippen molar-refractivity contribution in [3.05, 3.63) is 66.0 Å². The number of halogens is 1. The van der Waals surface area contributed by atoms with E-state index in [0.717, 1.165) is 5.56 Å². The van der Waals surface area contributed by atoms with E-state index in [1.54, 1.807) is 54.5 Å². The second-order valence-corrected chi connectivity index (χ2v) is 8.99. The van der Waals surface area contributed by atoms with Gasteiger partial charge in [0, 0.05) is 26.8 Å². The number of ether oxygens (including phenoxy) is 1. The predicted molar refractivity (Wildman–Crippen MR) is 107 cm³/mol. The number of sulfonamides is 1. The molecule has 0 spiro atoms. The number of hydrogen-bond donors (Lipinski definition) is 1. The summed E-state index contributed by atoms with van der Waals surface area (Å²) < 4.78 is 46.8. The van der Waals surface area contributed by atoms with Gasteiger partial charge in [0.1, 0.15) is 5.82 Å². The molecule has 0 aliphatic carbocycles. The number of methoxy groups -OCH3 is 1. The lowest BCUT2D eigenvalue weighted by Gasteiger charge is -2.30. The number of carbonyl (C=O) groups is 1. The topological polar surface area (TPSA) is 75.7 Å². The molecule has 29 heavy (non-hydrogen) atoms. The van der Waals surface area contributed by atoms with Gasteiger partial charge in [0.05, 0.1) is 16.9 Å². The van der Waals surface area contributed by atoms with Gasteiger partial charge in [-0.2, -0.15) is 0 Å². The zero-order valence-electron chi connectivity index (χ0n) is 16.3. The first-order valence-corrected chi connectivity index (χ1v) is 10.9. The molecule has 2 aromatic rings. The first-order chi connectivity index (χ1) is 13.8. The maximum atomic E-state index is 13.1. The van der Waals surface area contributed by atoms with E-state index in [0.29, 0.717) is 26.0 Å². The Morgan fingerprint density at radius 3 is 2.52 bits per heavy atom. The zero-order valence-corrected chi connectivity index (χ0v) is 17.1. The molecule has 1 unspecified atom stereocenters. The minimum atomic E-state index is -3.73. The molecule has 0 saturated carbocycles. The van der Waals surface area contributed by atoms with Crippen LogP contribution in [0.15, 0.2) is 59.5 Å². The second-order valence-electron chi connectivity index (χ2n) is 7.31. The fourth-order valence-corrected chi connectivity index (χ4v) is 5.03. The van der Waals surface area contributed by atoms with Crippen molar-refractivity contribution < 1.29 is 22.3 Å². The maximum absolute atomic E-state index is 13.1. The van der Waals surface area contributed by atoms with Gasteiger partial charge in [-0.1, -0.05) is 30.3 Å². The average molecular weight is 421 g/mol. The van der Waals surface area contributed by atoms with Crippen LogP contribution in [0.4, 0.5) is 4.39 Å². The molecule has 156 valence electrons. The van der Waals surface area contributed by atoms with Gasteiger partial charge in [-0.3, -0.25) is 4.79 Å². The molecule has 1 heterocycles. The van der Waals surface area contributed by atoms with Crippen molar-refractivity contribution in [2.24, 2.45) is 0 Å². The molecule has 2 aromatic carbocycles. The Labute approximate surface area is 170 Å². The number of hydrogen-bond acceptors (Lipinski definition) is 4. The van der Waals surface area contributed by atoms with Gasteiger partial charge in [0.2, 0.25) is 15.9 Å². The van der Waals surface area contributed by atoms with Crippen LogP contribution in [-0.2, 0) is 26.0 Å². The molecule has 1 amide bonds. The third-order valence-corrected chi connectivity index (χ3v) is 6.76. The first-order valence-electron chi connectivity index (χ1n) is 9.44. The summed E-state index contributed by atoms with van der Waals surface area (Å²) in [6.45, 7) is 1.08. The van der Waals surface area contributed by atoms with E-state index in [2.05, 4.69) is 4.72 Å². The lowest BCUT2D eigenvalue weighted by molar-refractivity contribution is -0.129. The zero-order chi connectivity index (χ0) is 20.9. The van der Waals surface area contributed by atoms with Gasteiger partial charge < -0.3 is 9.64 Å². The quantitative estimate of drug-likeness (QED) is 0.711. The highest BCUT2D eigenvalue weighted by molar-refractivity contribution is 7.89. The van der Waals surface area contributed by atoms with Crippen LogP contribution in [0, 0.1) is 5.82 Å². The molecule has 0 aromatic heterocycles.